The third kappa shape index (κ3) is 3.39. The molecule has 1 aliphatic carbocycles. The van der Waals surface area contributed by atoms with Gasteiger partial charge < -0.3 is 15.4 Å². The normalized spacial score (nSPS) is 19.0. The molecule has 29 heavy (non-hydrogen) atoms. The first-order valence-corrected chi connectivity index (χ1v) is 10.5. The maximum absolute atomic E-state index is 13.1. The molecule has 0 atom stereocenters. The maximum atomic E-state index is 13.1. The van der Waals surface area contributed by atoms with Crippen LogP contribution in [0.15, 0.2) is 47.8 Å². The lowest BCUT2D eigenvalue weighted by Crippen LogP contribution is -2.48. The number of aromatic nitrogens is 3. The molecule has 1 amide bonds. The molecular formula is C19H21N5O4S. The van der Waals surface area contributed by atoms with Gasteiger partial charge in [0, 0.05) is 32.1 Å². The van der Waals surface area contributed by atoms with Crippen molar-refractivity contribution in [3.05, 3.63) is 48.4 Å². The number of rotatable bonds is 5. The van der Waals surface area contributed by atoms with E-state index in [-0.39, 0.29) is 17.0 Å². The number of carbonyl (C=O) groups excluding carboxylic acids is 1. The van der Waals surface area contributed by atoms with Crippen LogP contribution < -0.4 is 10.6 Å². The van der Waals surface area contributed by atoms with Crippen LogP contribution in [-0.2, 0) is 14.8 Å². The Labute approximate surface area is 168 Å². The fourth-order valence-corrected chi connectivity index (χ4v) is 4.80. The van der Waals surface area contributed by atoms with Crippen molar-refractivity contribution in [2.24, 2.45) is 5.73 Å². The number of fused-ring (bicyclic) bond motifs is 1. The molecule has 0 saturated heterocycles. The van der Waals surface area contributed by atoms with Gasteiger partial charge >= 0.3 is 6.09 Å². The molecule has 1 fully saturated rings. The van der Waals surface area contributed by atoms with Crippen LogP contribution in [0.1, 0.15) is 18.4 Å². The molecule has 1 aliphatic rings. The molecule has 0 unspecified atom stereocenters. The highest BCUT2D eigenvalue weighted by Gasteiger charge is 2.36. The Kier molecular flexibility index (Phi) is 4.65. The number of amides is 1. The lowest BCUT2D eigenvalue weighted by atomic mass is 9.88. The third-order valence-corrected chi connectivity index (χ3v) is 6.92. The van der Waals surface area contributed by atoms with Crippen LogP contribution in [0.4, 0.5) is 10.6 Å². The van der Waals surface area contributed by atoms with Gasteiger partial charge in [0.2, 0.25) is 0 Å². The van der Waals surface area contributed by atoms with Crippen LogP contribution in [0, 0.1) is 6.92 Å². The van der Waals surface area contributed by atoms with Gasteiger partial charge in [-0.05, 0) is 25.1 Å². The number of primary amides is 1. The minimum Gasteiger partial charge on any atom is -0.446 e. The zero-order valence-corrected chi connectivity index (χ0v) is 16.8. The van der Waals surface area contributed by atoms with E-state index in [1.165, 1.54) is 16.5 Å². The highest BCUT2D eigenvalue weighted by atomic mass is 32.2. The molecule has 152 valence electrons. The van der Waals surface area contributed by atoms with Crippen molar-refractivity contribution in [2.75, 3.05) is 11.9 Å². The van der Waals surface area contributed by atoms with E-state index >= 15 is 0 Å². The van der Waals surface area contributed by atoms with Crippen LogP contribution in [0.2, 0.25) is 0 Å². The summed E-state index contributed by atoms with van der Waals surface area (Å²) in [5, 5.41) is 0.630. The molecule has 3 aromatic rings. The van der Waals surface area contributed by atoms with Crippen LogP contribution in [-0.4, -0.2) is 47.6 Å². The van der Waals surface area contributed by atoms with Crippen LogP contribution in [0.5, 0.6) is 0 Å². The third-order valence-electron chi connectivity index (χ3n) is 5.24. The highest BCUT2D eigenvalue weighted by molar-refractivity contribution is 7.90. The van der Waals surface area contributed by atoms with Crippen molar-refractivity contribution >= 4 is 33.0 Å². The molecule has 2 heterocycles. The first-order chi connectivity index (χ1) is 13.8. The Balaban J connectivity index is 1.65. The number of aryl methyl sites for hydroxylation is 1. The predicted octanol–water partition coefficient (Wildman–Crippen LogP) is 2.04. The second kappa shape index (κ2) is 7.03. The van der Waals surface area contributed by atoms with Gasteiger partial charge in [0.15, 0.2) is 5.65 Å². The first kappa shape index (κ1) is 19.2. The topological polar surface area (TPSA) is 120 Å². The van der Waals surface area contributed by atoms with Gasteiger partial charge in [0.05, 0.1) is 10.3 Å². The van der Waals surface area contributed by atoms with Gasteiger partial charge in [-0.25, -0.2) is 27.2 Å². The molecule has 0 aliphatic heterocycles. The van der Waals surface area contributed by atoms with E-state index in [4.69, 9.17) is 10.5 Å². The molecule has 4 rings (SSSR count). The van der Waals surface area contributed by atoms with E-state index in [2.05, 4.69) is 9.97 Å². The second-order valence-corrected chi connectivity index (χ2v) is 8.97. The van der Waals surface area contributed by atoms with Crippen molar-refractivity contribution < 1.29 is 17.9 Å². The molecular weight excluding hydrogens is 394 g/mol. The van der Waals surface area contributed by atoms with Gasteiger partial charge in [0.25, 0.3) is 10.0 Å². The predicted molar refractivity (Wildman–Crippen MR) is 107 cm³/mol. The standard InChI is InChI=1S/C19H21N5O4S/c1-12-3-5-15(6-4-12)29(26,27)24-8-7-16-17(21-11-22-18(16)24)23(2)13-9-14(10-13)28-19(20)25/h3-8,11,13-14H,9-10H2,1-2H3,(H2,20,25)/t13-,14+. The summed E-state index contributed by atoms with van der Waals surface area (Å²) >= 11 is 0. The van der Waals surface area contributed by atoms with Crippen molar-refractivity contribution in [3.8, 4) is 0 Å². The summed E-state index contributed by atoms with van der Waals surface area (Å²) in [4.78, 5) is 21.6. The van der Waals surface area contributed by atoms with Gasteiger partial charge in [-0.3, -0.25) is 0 Å². The Bertz CT molecular complexity index is 1170. The lowest BCUT2D eigenvalue weighted by molar-refractivity contribution is 0.0459. The molecule has 2 N–H and O–H groups in total. The van der Waals surface area contributed by atoms with Gasteiger partial charge in [-0.2, -0.15) is 0 Å². The van der Waals surface area contributed by atoms with Crippen molar-refractivity contribution in [2.45, 2.75) is 36.8 Å². The number of nitrogens with two attached hydrogens (primary N) is 1. The zero-order chi connectivity index (χ0) is 20.8. The molecule has 1 saturated carbocycles. The molecule has 0 bridgehead atoms. The summed E-state index contributed by atoms with van der Waals surface area (Å²) in [6.45, 7) is 1.90. The quantitative estimate of drug-likeness (QED) is 0.677. The average Bonchev–Trinajstić information content (AvgIpc) is 3.09. The molecule has 10 heteroatoms. The van der Waals surface area contributed by atoms with E-state index in [9.17, 15) is 13.2 Å². The Morgan fingerprint density at radius 3 is 2.55 bits per heavy atom. The van der Waals surface area contributed by atoms with E-state index in [0.717, 1.165) is 5.56 Å². The fourth-order valence-electron chi connectivity index (χ4n) is 3.50. The van der Waals surface area contributed by atoms with Crippen LogP contribution >= 0.6 is 0 Å². The van der Waals surface area contributed by atoms with Gasteiger partial charge in [0.1, 0.15) is 18.2 Å². The summed E-state index contributed by atoms with van der Waals surface area (Å²) < 4.78 is 32.3. The lowest BCUT2D eigenvalue weighted by Gasteiger charge is -2.40. The molecule has 0 radical (unpaired) electrons. The van der Waals surface area contributed by atoms with E-state index in [0.29, 0.717) is 29.7 Å². The smallest absolute Gasteiger partial charge is 0.404 e. The highest BCUT2D eigenvalue weighted by Crippen LogP contribution is 2.33. The van der Waals surface area contributed by atoms with E-state index in [1.807, 2.05) is 18.9 Å². The van der Waals surface area contributed by atoms with Gasteiger partial charge in [-0.1, -0.05) is 17.7 Å². The van der Waals surface area contributed by atoms with Crippen LogP contribution in [0.3, 0.4) is 0 Å². The monoisotopic (exact) mass is 415 g/mol. The van der Waals surface area contributed by atoms with Crippen molar-refractivity contribution in [3.63, 3.8) is 0 Å². The minimum absolute atomic E-state index is 0.106. The summed E-state index contributed by atoms with van der Waals surface area (Å²) in [5.74, 6) is 0.621. The van der Waals surface area contributed by atoms with E-state index in [1.54, 1.807) is 30.3 Å². The fraction of sp³-hybridized carbons (Fsp3) is 0.316. The van der Waals surface area contributed by atoms with Crippen LogP contribution in [0.25, 0.3) is 11.0 Å². The largest absolute Gasteiger partial charge is 0.446 e. The van der Waals surface area contributed by atoms with Crippen molar-refractivity contribution in [1.29, 1.82) is 0 Å². The number of carbonyl (C=O) groups is 1. The summed E-state index contributed by atoms with van der Waals surface area (Å²) in [6.07, 6.45) is 3.13. The molecule has 1 aromatic carbocycles. The average molecular weight is 415 g/mol. The number of ether oxygens (including phenoxy) is 1. The molecule has 2 aromatic heterocycles. The molecule has 0 spiro atoms. The summed E-state index contributed by atoms with van der Waals surface area (Å²) in [5.41, 5.74) is 6.34. The Morgan fingerprint density at radius 1 is 1.21 bits per heavy atom. The maximum Gasteiger partial charge on any atom is 0.404 e. The Morgan fingerprint density at radius 2 is 1.90 bits per heavy atom. The summed E-state index contributed by atoms with van der Waals surface area (Å²) in [6, 6.07) is 8.48. The first-order valence-electron chi connectivity index (χ1n) is 9.10. The SMILES string of the molecule is Cc1ccc(S(=O)(=O)n2ccc3c(N(C)[C@H]4C[C@@H](OC(N)=O)C4)ncnc32)cc1. The molecule has 9 nitrogen and oxygen atoms in total. The number of anilines is 1. The van der Waals surface area contributed by atoms with Gasteiger partial charge in [-0.15, -0.1) is 0 Å². The minimum atomic E-state index is -3.78. The number of hydrogen-bond acceptors (Lipinski definition) is 7. The second-order valence-electron chi connectivity index (χ2n) is 7.16. The number of benzene rings is 1. The summed E-state index contributed by atoms with van der Waals surface area (Å²) in [7, 11) is -1.91. The van der Waals surface area contributed by atoms with Crippen molar-refractivity contribution in [1.82, 2.24) is 13.9 Å². The van der Waals surface area contributed by atoms with E-state index < -0.39 is 16.1 Å². The number of nitrogens with zero attached hydrogens (tertiary/aromatic N) is 4. The zero-order valence-electron chi connectivity index (χ0n) is 16.0. The Hall–Kier alpha value is -3.14. The number of hydrogen-bond donors (Lipinski definition) is 1.